The molecule has 1 amide bonds. The van der Waals surface area contributed by atoms with E-state index in [1.807, 2.05) is 54.6 Å². The van der Waals surface area contributed by atoms with Gasteiger partial charge >= 0.3 is 0 Å². The summed E-state index contributed by atoms with van der Waals surface area (Å²) >= 11 is 0. The molecule has 3 aromatic carbocycles. The molecule has 4 aromatic rings. The normalized spacial score (nSPS) is 10.7. The van der Waals surface area contributed by atoms with Gasteiger partial charge in [0.1, 0.15) is 5.75 Å². The molecule has 0 saturated heterocycles. The summed E-state index contributed by atoms with van der Waals surface area (Å²) in [5.74, 6) is -0.0662. The number of hydrogen-bond acceptors (Lipinski definition) is 3. The van der Waals surface area contributed by atoms with Crippen molar-refractivity contribution in [2.24, 2.45) is 0 Å². The van der Waals surface area contributed by atoms with E-state index >= 15 is 0 Å². The number of aromatic hydroxyl groups is 1. The second kappa shape index (κ2) is 6.13. The van der Waals surface area contributed by atoms with Gasteiger partial charge in [0.2, 0.25) is 0 Å². The van der Waals surface area contributed by atoms with Crippen LogP contribution >= 0.6 is 0 Å². The van der Waals surface area contributed by atoms with E-state index in [9.17, 15) is 9.90 Å². The molecule has 0 spiro atoms. The average Bonchev–Trinajstić information content (AvgIpc) is 3.15. The zero-order valence-corrected chi connectivity index (χ0v) is 13.3. The Morgan fingerprint density at radius 1 is 0.920 bits per heavy atom. The predicted octanol–water partition coefficient (Wildman–Crippen LogP) is 3.98. The first-order valence-corrected chi connectivity index (χ1v) is 7.84. The number of phenolic OH excluding ortho intramolecular Hbond substituents is 1. The molecule has 2 N–H and O–H groups in total. The second-order valence-electron chi connectivity index (χ2n) is 5.64. The van der Waals surface area contributed by atoms with E-state index < -0.39 is 0 Å². The molecular weight excluding hydrogens is 314 g/mol. The van der Waals surface area contributed by atoms with Crippen LogP contribution in [0.3, 0.4) is 0 Å². The van der Waals surface area contributed by atoms with Crippen molar-refractivity contribution in [3.8, 4) is 11.4 Å². The Hall–Kier alpha value is -3.60. The lowest BCUT2D eigenvalue weighted by Crippen LogP contribution is -2.11. The van der Waals surface area contributed by atoms with Crippen LogP contribution in [-0.2, 0) is 0 Å². The maximum absolute atomic E-state index is 12.6. The molecule has 4 rings (SSSR count). The highest BCUT2D eigenvalue weighted by Crippen LogP contribution is 2.30. The fourth-order valence-electron chi connectivity index (χ4n) is 2.75. The topological polar surface area (TPSA) is 67.2 Å². The number of amides is 1. The van der Waals surface area contributed by atoms with Gasteiger partial charge in [0.15, 0.2) is 0 Å². The fraction of sp³-hybridized carbons (Fsp3) is 0. The van der Waals surface area contributed by atoms with Crippen molar-refractivity contribution in [3.05, 3.63) is 84.7 Å². The van der Waals surface area contributed by atoms with E-state index in [1.165, 1.54) is 6.20 Å². The Kier molecular flexibility index (Phi) is 3.67. The van der Waals surface area contributed by atoms with E-state index in [1.54, 1.807) is 23.0 Å². The number of fused-ring (bicyclic) bond motifs is 1. The van der Waals surface area contributed by atoms with Crippen molar-refractivity contribution in [1.29, 1.82) is 0 Å². The van der Waals surface area contributed by atoms with Crippen molar-refractivity contribution < 1.29 is 9.90 Å². The molecule has 0 aliphatic rings. The molecule has 122 valence electrons. The van der Waals surface area contributed by atoms with E-state index in [4.69, 9.17) is 0 Å². The molecule has 0 unspecified atom stereocenters. The van der Waals surface area contributed by atoms with E-state index in [0.29, 0.717) is 16.6 Å². The number of nitrogens with one attached hydrogen (secondary N) is 1. The first kappa shape index (κ1) is 15.0. The lowest BCUT2D eigenvalue weighted by Gasteiger charge is -2.09. The van der Waals surface area contributed by atoms with Crippen molar-refractivity contribution >= 4 is 22.4 Å². The minimum Gasteiger partial charge on any atom is -0.507 e. The molecule has 1 heterocycles. The van der Waals surface area contributed by atoms with Gasteiger partial charge in [-0.2, -0.15) is 5.10 Å². The molecule has 0 aliphatic carbocycles. The maximum Gasteiger partial charge on any atom is 0.258 e. The van der Waals surface area contributed by atoms with Crippen LogP contribution in [0.5, 0.6) is 5.75 Å². The summed E-state index contributed by atoms with van der Waals surface area (Å²) in [6.07, 6.45) is 3.22. The van der Waals surface area contributed by atoms with Crippen LogP contribution in [-0.4, -0.2) is 20.8 Å². The minimum atomic E-state index is -0.252. The van der Waals surface area contributed by atoms with Gasteiger partial charge in [0, 0.05) is 22.7 Å². The molecule has 0 atom stereocenters. The van der Waals surface area contributed by atoms with Gasteiger partial charge in [-0.05, 0) is 24.3 Å². The SMILES string of the molecule is O=C(Nc1ccc(O)c2ccccc12)c1cnn(-c2ccccc2)c1. The van der Waals surface area contributed by atoms with Gasteiger partial charge in [-0.15, -0.1) is 0 Å². The number of phenols is 1. The molecule has 1 aromatic heterocycles. The highest BCUT2D eigenvalue weighted by molar-refractivity contribution is 6.09. The fourth-order valence-corrected chi connectivity index (χ4v) is 2.75. The van der Waals surface area contributed by atoms with E-state index in [0.717, 1.165) is 11.1 Å². The van der Waals surface area contributed by atoms with Crippen molar-refractivity contribution in [2.75, 3.05) is 5.32 Å². The van der Waals surface area contributed by atoms with Crippen molar-refractivity contribution in [1.82, 2.24) is 9.78 Å². The number of benzene rings is 3. The van der Waals surface area contributed by atoms with Gasteiger partial charge in [0.25, 0.3) is 5.91 Å². The smallest absolute Gasteiger partial charge is 0.258 e. The minimum absolute atomic E-state index is 0.186. The molecule has 0 radical (unpaired) electrons. The molecule has 25 heavy (non-hydrogen) atoms. The zero-order chi connectivity index (χ0) is 17.2. The molecule has 5 nitrogen and oxygen atoms in total. The molecule has 5 heteroatoms. The second-order valence-corrected chi connectivity index (χ2v) is 5.64. The van der Waals surface area contributed by atoms with Gasteiger partial charge in [-0.1, -0.05) is 42.5 Å². The quantitative estimate of drug-likeness (QED) is 0.559. The van der Waals surface area contributed by atoms with E-state index in [2.05, 4.69) is 10.4 Å². The number of rotatable bonds is 3. The molecule has 0 aliphatic heterocycles. The van der Waals surface area contributed by atoms with Crippen LogP contribution in [0.1, 0.15) is 10.4 Å². The number of carbonyl (C=O) groups excluding carboxylic acids is 1. The third-order valence-electron chi connectivity index (χ3n) is 4.01. The van der Waals surface area contributed by atoms with E-state index in [-0.39, 0.29) is 11.7 Å². The largest absolute Gasteiger partial charge is 0.507 e. The number of hydrogen-bond donors (Lipinski definition) is 2. The number of carbonyl (C=O) groups is 1. The van der Waals surface area contributed by atoms with Gasteiger partial charge in [0.05, 0.1) is 17.4 Å². The average molecular weight is 329 g/mol. The standard InChI is InChI=1S/C20H15N3O2/c24-19-11-10-18(16-8-4-5-9-17(16)19)22-20(25)14-12-21-23(13-14)15-6-2-1-3-7-15/h1-13,24H,(H,22,25). The van der Waals surface area contributed by atoms with Crippen LogP contribution in [0, 0.1) is 0 Å². The number of nitrogens with zero attached hydrogens (tertiary/aromatic N) is 2. The summed E-state index contributed by atoms with van der Waals surface area (Å²) in [5.41, 5.74) is 1.99. The summed E-state index contributed by atoms with van der Waals surface area (Å²) in [6.45, 7) is 0. The first-order chi connectivity index (χ1) is 12.2. The highest BCUT2D eigenvalue weighted by atomic mass is 16.3. The van der Waals surface area contributed by atoms with Crippen LogP contribution in [0.2, 0.25) is 0 Å². The van der Waals surface area contributed by atoms with Crippen molar-refractivity contribution in [3.63, 3.8) is 0 Å². The lowest BCUT2D eigenvalue weighted by molar-refractivity contribution is 0.102. The Morgan fingerprint density at radius 2 is 1.64 bits per heavy atom. The summed E-state index contributed by atoms with van der Waals surface area (Å²) in [4.78, 5) is 12.6. The van der Waals surface area contributed by atoms with Crippen LogP contribution in [0.15, 0.2) is 79.1 Å². The maximum atomic E-state index is 12.6. The summed E-state index contributed by atoms with van der Waals surface area (Å²) in [5, 5.41) is 18.6. The summed E-state index contributed by atoms with van der Waals surface area (Å²) < 4.78 is 1.66. The third kappa shape index (κ3) is 2.83. The predicted molar refractivity (Wildman–Crippen MR) is 97.1 cm³/mol. The Labute approximate surface area is 144 Å². The molecular formula is C20H15N3O2. The van der Waals surface area contributed by atoms with Gasteiger partial charge in [-0.3, -0.25) is 4.79 Å². The number of anilines is 1. The van der Waals surface area contributed by atoms with Crippen LogP contribution in [0.25, 0.3) is 16.5 Å². The zero-order valence-electron chi connectivity index (χ0n) is 13.3. The van der Waals surface area contributed by atoms with Gasteiger partial charge < -0.3 is 10.4 Å². The van der Waals surface area contributed by atoms with Crippen LogP contribution < -0.4 is 5.32 Å². The Balaban J connectivity index is 1.63. The lowest BCUT2D eigenvalue weighted by atomic mass is 10.1. The number of aromatic nitrogens is 2. The van der Waals surface area contributed by atoms with Crippen molar-refractivity contribution in [2.45, 2.75) is 0 Å². The molecule has 0 bridgehead atoms. The van der Waals surface area contributed by atoms with Gasteiger partial charge in [-0.25, -0.2) is 4.68 Å². The monoisotopic (exact) mass is 329 g/mol. The first-order valence-electron chi connectivity index (χ1n) is 7.84. The summed E-state index contributed by atoms with van der Waals surface area (Å²) in [7, 11) is 0. The third-order valence-corrected chi connectivity index (χ3v) is 4.01. The van der Waals surface area contributed by atoms with Crippen LogP contribution in [0.4, 0.5) is 5.69 Å². The Bertz CT molecular complexity index is 1050. The Morgan fingerprint density at radius 3 is 2.44 bits per heavy atom. The molecule has 0 saturated carbocycles. The number of para-hydroxylation sites is 1. The summed E-state index contributed by atoms with van der Waals surface area (Å²) in [6, 6.07) is 20.2. The highest BCUT2D eigenvalue weighted by Gasteiger charge is 2.12. The molecule has 0 fully saturated rings.